The molecule has 0 heterocycles. The monoisotopic (exact) mass is 247 g/mol. The Labute approximate surface area is 111 Å². The van der Waals surface area contributed by atoms with Gasteiger partial charge in [0.2, 0.25) is 0 Å². The number of hydrogen-bond donors (Lipinski definition) is 1. The van der Waals surface area contributed by atoms with Gasteiger partial charge in [0.05, 0.1) is 12.7 Å². The van der Waals surface area contributed by atoms with Crippen LogP contribution in [-0.2, 0) is 4.74 Å². The molecule has 2 nitrogen and oxygen atoms in total. The standard InChI is InChI=1S/C16H25NO/c1-14(15-7-3-2-4-8-15)13-17-11-12-18-16-9-5-6-10-16/h2-4,7-8,14,16-17H,5-6,9-13H2,1H3. The van der Waals surface area contributed by atoms with Crippen molar-refractivity contribution in [2.75, 3.05) is 19.7 Å². The predicted octanol–water partition coefficient (Wildman–Crippen LogP) is 3.34. The van der Waals surface area contributed by atoms with Crippen LogP contribution in [0.15, 0.2) is 30.3 Å². The molecule has 0 radical (unpaired) electrons. The van der Waals surface area contributed by atoms with Crippen molar-refractivity contribution in [2.24, 2.45) is 0 Å². The fourth-order valence-corrected chi connectivity index (χ4v) is 2.57. The van der Waals surface area contributed by atoms with Gasteiger partial charge in [0, 0.05) is 13.1 Å². The Kier molecular flexibility index (Phi) is 5.69. The van der Waals surface area contributed by atoms with Crippen molar-refractivity contribution in [2.45, 2.75) is 44.6 Å². The molecule has 1 fully saturated rings. The van der Waals surface area contributed by atoms with Crippen molar-refractivity contribution in [3.63, 3.8) is 0 Å². The van der Waals surface area contributed by atoms with Gasteiger partial charge in [-0.1, -0.05) is 50.1 Å². The minimum atomic E-state index is 0.540. The van der Waals surface area contributed by atoms with Crippen molar-refractivity contribution in [3.05, 3.63) is 35.9 Å². The molecule has 0 aliphatic heterocycles. The minimum Gasteiger partial charge on any atom is -0.377 e. The molecule has 1 unspecified atom stereocenters. The summed E-state index contributed by atoms with van der Waals surface area (Å²) < 4.78 is 5.83. The third-order valence-corrected chi connectivity index (χ3v) is 3.75. The molecule has 100 valence electrons. The molecule has 0 aromatic heterocycles. The largest absolute Gasteiger partial charge is 0.377 e. The first-order valence-corrected chi connectivity index (χ1v) is 7.23. The van der Waals surface area contributed by atoms with Crippen molar-refractivity contribution in [1.29, 1.82) is 0 Å². The minimum absolute atomic E-state index is 0.540. The van der Waals surface area contributed by atoms with Gasteiger partial charge in [-0.05, 0) is 24.3 Å². The number of nitrogens with one attached hydrogen (secondary N) is 1. The van der Waals surface area contributed by atoms with Crippen LogP contribution in [0.25, 0.3) is 0 Å². The predicted molar refractivity (Wildman–Crippen MR) is 75.9 cm³/mol. The van der Waals surface area contributed by atoms with E-state index in [2.05, 4.69) is 42.6 Å². The average Bonchev–Trinajstić information content (AvgIpc) is 2.92. The molecule has 1 aromatic rings. The Morgan fingerprint density at radius 3 is 2.67 bits per heavy atom. The lowest BCUT2D eigenvalue weighted by Crippen LogP contribution is -2.25. The van der Waals surface area contributed by atoms with Crippen molar-refractivity contribution in [3.8, 4) is 0 Å². The summed E-state index contributed by atoms with van der Waals surface area (Å²) in [5, 5.41) is 3.48. The van der Waals surface area contributed by atoms with Gasteiger partial charge in [-0.2, -0.15) is 0 Å². The Balaban J connectivity index is 1.55. The van der Waals surface area contributed by atoms with E-state index >= 15 is 0 Å². The van der Waals surface area contributed by atoms with Crippen LogP contribution in [0.2, 0.25) is 0 Å². The third kappa shape index (κ3) is 4.43. The summed E-state index contributed by atoms with van der Waals surface area (Å²) in [6, 6.07) is 10.7. The van der Waals surface area contributed by atoms with Crippen molar-refractivity contribution in [1.82, 2.24) is 5.32 Å². The molecule has 1 aliphatic rings. The first-order valence-electron chi connectivity index (χ1n) is 7.23. The summed E-state index contributed by atoms with van der Waals surface area (Å²) in [5.74, 6) is 0.567. The fourth-order valence-electron chi connectivity index (χ4n) is 2.57. The van der Waals surface area contributed by atoms with Crippen LogP contribution < -0.4 is 5.32 Å². The molecular weight excluding hydrogens is 222 g/mol. The smallest absolute Gasteiger partial charge is 0.0594 e. The maximum absolute atomic E-state index is 5.83. The first-order chi connectivity index (χ1) is 8.86. The van der Waals surface area contributed by atoms with Gasteiger partial charge in [0.25, 0.3) is 0 Å². The lowest BCUT2D eigenvalue weighted by Gasteiger charge is -2.14. The zero-order valence-corrected chi connectivity index (χ0v) is 11.4. The molecule has 1 N–H and O–H groups in total. The lowest BCUT2D eigenvalue weighted by atomic mass is 10.0. The summed E-state index contributed by atoms with van der Waals surface area (Å²) in [6.07, 6.45) is 5.77. The highest BCUT2D eigenvalue weighted by atomic mass is 16.5. The van der Waals surface area contributed by atoms with Crippen LogP contribution in [0.5, 0.6) is 0 Å². The Morgan fingerprint density at radius 2 is 1.94 bits per heavy atom. The van der Waals surface area contributed by atoms with Crippen LogP contribution >= 0.6 is 0 Å². The van der Waals surface area contributed by atoms with E-state index in [1.807, 2.05) is 0 Å². The van der Waals surface area contributed by atoms with E-state index < -0.39 is 0 Å². The number of rotatable bonds is 7. The highest BCUT2D eigenvalue weighted by Gasteiger charge is 2.14. The van der Waals surface area contributed by atoms with Crippen molar-refractivity contribution >= 4 is 0 Å². The van der Waals surface area contributed by atoms with Gasteiger partial charge in [0.1, 0.15) is 0 Å². The molecule has 1 aliphatic carbocycles. The topological polar surface area (TPSA) is 21.3 Å². The van der Waals surface area contributed by atoms with E-state index in [0.717, 1.165) is 19.7 Å². The highest BCUT2D eigenvalue weighted by Crippen LogP contribution is 2.20. The fraction of sp³-hybridized carbons (Fsp3) is 0.625. The zero-order valence-electron chi connectivity index (χ0n) is 11.4. The van der Waals surface area contributed by atoms with Crippen LogP contribution in [-0.4, -0.2) is 25.8 Å². The molecule has 18 heavy (non-hydrogen) atoms. The van der Waals surface area contributed by atoms with Gasteiger partial charge in [-0.25, -0.2) is 0 Å². The summed E-state index contributed by atoms with van der Waals surface area (Å²) in [7, 11) is 0. The Hall–Kier alpha value is -0.860. The number of hydrogen-bond acceptors (Lipinski definition) is 2. The van der Waals surface area contributed by atoms with Crippen LogP contribution in [0, 0.1) is 0 Å². The molecule has 0 amide bonds. The third-order valence-electron chi connectivity index (χ3n) is 3.75. The molecule has 0 saturated heterocycles. The highest BCUT2D eigenvalue weighted by molar-refractivity contribution is 5.18. The second kappa shape index (κ2) is 7.55. The summed E-state index contributed by atoms with van der Waals surface area (Å²) in [6.45, 7) is 5.11. The van der Waals surface area contributed by atoms with E-state index in [1.165, 1.54) is 31.2 Å². The van der Waals surface area contributed by atoms with E-state index in [9.17, 15) is 0 Å². The molecular formula is C16H25NO. The van der Waals surface area contributed by atoms with Gasteiger partial charge in [0.15, 0.2) is 0 Å². The molecule has 2 rings (SSSR count). The van der Waals surface area contributed by atoms with Gasteiger partial charge in [-0.3, -0.25) is 0 Å². The van der Waals surface area contributed by atoms with E-state index in [-0.39, 0.29) is 0 Å². The second-order valence-corrected chi connectivity index (χ2v) is 5.29. The second-order valence-electron chi connectivity index (χ2n) is 5.29. The van der Waals surface area contributed by atoms with Gasteiger partial charge >= 0.3 is 0 Å². The van der Waals surface area contributed by atoms with E-state index in [0.29, 0.717) is 12.0 Å². The number of ether oxygens (including phenoxy) is 1. The molecule has 1 aromatic carbocycles. The van der Waals surface area contributed by atoms with Crippen LogP contribution in [0.1, 0.15) is 44.1 Å². The van der Waals surface area contributed by atoms with E-state index in [4.69, 9.17) is 4.74 Å². The summed E-state index contributed by atoms with van der Waals surface area (Å²) in [5.41, 5.74) is 1.40. The molecule has 0 bridgehead atoms. The van der Waals surface area contributed by atoms with Crippen molar-refractivity contribution < 1.29 is 4.74 Å². The van der Waals surface area contributed by atoms with Crippen LogP contribution in [0.3, 0.4) is 0 Å². The quantitative estimate of drug-likeness (QED) is 0.746. The molecule has 1 atom stereocenters. The SMILES string of the molecule is CC(CNCCOC1CCCC1)c1ccccc1. The average molecular weight is 247 g/mol. The van der Waals surface area contributed by atoms with Gasteiger partial charge < -0.3 is 10.1 Å². The molecule has 1 saturated carbocycles. The maximum Gasteiger partial charge on any atom is 0.0594 e. The summed E-state index contributed by atoms with van der Waals surface area (Å²) >= 11 is 0. The molecule has 2 heteroatoms. The zero-order chi connectivity index (χ0) is 12.6. The first kappa shape index (κ1) is 13.6. The molecule has 0 spiro atoms. The number of benzene rings is 1. The Morgan fingerprint density at radius 1 is 1.22 bits per heavy atom. The van der Waals surface area contributed by atoms with Gasteiger partial charge in [-0.15, -0.1) is 0 Å². The van der Waals surface area contributed by atoms with Crippen LogP contribution in [0.4, 0.5) is 0 Å². The normalized spacial score (nSPS) is 18.1. The maximum atomic E-state index is 5.83. The van der Waals surface area contributed by atoms with E-state index in [1.54, 1.807) is 0 Å². The lowest BCUT2D eigenvalue weighted by molar-refractivity contribution is 0.0603. The Bertz CT molecular complexity index is 319. The summed E-state index contributed by atoms with van der Waals surface area (Å²) in [4.78, 5) is 0.